The highest BCUT2D eigenvalue weighted by molar-refractivity contribution is 5.94. The highest BCUT2D eigenvalue weighted by atomic mass is 16.4. The SMILES string of the molecule is O/N=C1/[C@H]2CC[C@@H](C2)[C@H]1n1cnc2ccccc21. The molecular weight excluding hydrogens is 226 g/mol. The fourth-order valence-corrected chi connectivity index (χ4v) is 3.77. The Bertz CT molecular complexity index is 631. The van der Waals surface area contributed by atoms with E-state index in [-0.39, 0.29) is 6.04 Å². The lowest BCUT2D eigenvalue weighted by Gasteiger charge is -2.24. The van der Waals surface area contributed by atoms with Crippen LogP contribution >= 0.6 is 0 Å². The molecule has 1 aromatic carbocycles. The van der Waals surface area contributed by atoms with Gasteiger partial charge >= 0.3 is 0 Å². The molecule has 0 amide bonds. The Morgan fingerprint density at radius 2 is 2.17 bits per heavy atom. The van der Waals surface area contributed by atoms with E-state index in [4.69, 9.17) is 0 Å². The lowest BCUT2D eigenvalue weighted by Crippen LogP contribution is -2.25. The second kappa shape index (κ2) is 3.57. The van der Waals surface area contributed by atoms with Crippen molar-refractivity contribution in [2.75, 3.05) is 0 Å². The van der Waals surface area contributed by atoms with Gasteiger partial charge in [0.1, 0.15) is 0 Å². The molecule has 1 heterocycles. The summed E-state index contributed by atoms with van der Waals surface area (Å²) in [7, 11) is 0. The minimum Gasteiger partial charge on any atom is -0.411 e. The third kappa shape index (κ3) is 1.20. The molecule has 92 valence electrons. The van der Waals surface area contributed by atoms with Gasteiger partial charge in [-0.3, -0.25) is 0 Å². The van der Waals surface area contributed by atoms with Crippen molar-refractivity contribution in [1.82, 2.24) is 9.55 Å². The van der Waals surface area contributed by atoms with Crippen molar-refractivity contribution in [2.45, 2.75) is 25.3 Å². The van der Waals surface area contributed by atoms with Gasteiger partial charge in [-0.15, -0.1) is 0 Å². The molecule has 0 aliphatic heterocycles. The fourth-order valence-electron chi connectivity index (χ4n) is 3.77. The van der Waals surface area contributed by atoms with E-state index in [1.165, 1.54) is 12.8 Å². The molecule has 1 aromatic heterocycles. The zero-order valence-electron chi connectivity index (χ0n) is 10.0. The predicted octanol–water partition coefficient (Wildman–Crippen LogP) is 2.84. The van der Waals surface area contributed by atoms with Gasteiger partial charge in [0.05, 0.1) is 29.1 Å². The maximum Gasteiger partial charge on any atom is 0.0964 e. The van der Waals surface area contributed by atoms with E-state index in [1.54, 1.807) is 0 Å². The minimum atomic E-state index is 0.209. The molecule has 2 fully saturated rings. The number of para-hydroxylation sites is 2. The molecule has 2 bridgehead atoms. The first-order valence-corrected chi connectivity index (χ1v) is 6.52. The van der Waals surface area contributed by atoms with Crippen molar-refractivity contribution in [3.63, 3.8) is 0 Å². The molecule has 0 spiro atoms. The molecule has 3 atom stereocenters. The topological polar surface area (TPSA) is 50.4 Å². The summed E-state index contributed by atoms with van der Waals surface area (Å²) in [6, 6.07) is 8.35. The summed E-state index contributed by atoms with van der Waals surface area (Å²) < 4.78 is 2.19. The smallest absolute Gasteiger partial charge is 0.0964 e. The van der Waals surface area contributed by atoms with Crippen molar-refractivity contribution < 1.29 is 5.21 Å². The molecule has 18 heavy (non-hydrogen) atoms. The molecule has 2 aliphatic rings. The lowest BCUT2D eigenvalue weighted by atomic mass is 9.93. The van der Waals surface area contributed by atoms with Crippen molar-refractivity contribution in [3.05, 3.63) is 30.6 Å². The first-order valence-electron chi connectivity index (χ1n) is 6.52. The normalized spacial score (nSPS) is 32.7. The van der Waals surface area contributed by atoms with Gasteiger partial charge in [-0.2, -0.15) is 0 Å². The van der Waals surface area contributed by atoms with Crippen molar-refractivity contribution in [2.24, 2.45) is 17.0 Å². The second-order valence-corrected chi connectivity index (χ2v) is 5.38. The number of hydrogen-bond acceptors (Lipinski definition) is 3. The van der Waals surface area contributed by atoms with E-state index >= 15 is 0 Å². The van der Waals surface area contributed by atoms with Crippen LogP contribution in [0.3, 0.4) is 0 Å². The van der Waals surface area contributed by atoms with Crippen LogP contribution in [0.1, 0.15) is 25.3 Å². The quantitative estimate of drug-likeness (QED) is 0.616. The third-order valence-corrected chi connectivity index (χ3v) is 4.54. The van der Waals surface area contributed by atoms with Gasteiger partial charge in [0.2, 0.25) is 0 Å². The van der Waals surface area contributed by atoms with Crippen LogP contribution in [0.4, 0.5) is 0 Å². The Labute approximate surface area is 105 Å². The first kappa shape index (κ1) is 10.1. The molecule has 0 saturated heterocycles. The third-order valence-electron chi connectivity index (χ3n) is 4.54. The van der Waals surface area contributed by atoms with Crippen LogP contribution in [0, 0.1) is 11.8 Å². The fraction of sp³-hybridized carbons (Fsp3) is 0.429. The Morgan fingerprint density at radius 3 is 3.06 bits per heavy atom. The molecule has 4 nitrogen and oxygen atoms in total. The number of aromatic nitrogens is 2. The molecule has 4 heteroatoms. The number of imidazole rings is 1. The number of benzene rings is 1. The molecule has 2 aliphatic carbocycles. The van der Waals surface area contributed by atoms with Crippen LogP contribution in [-0.2, 0) is 0 Å². The predicted molar refractivity (Wildman–Crippen MR) is 68.8 cm³/mol. The van der Waals surface area contributed by atoms with Crippen molar-refractivity contribution in [1.29, 1.82) is 0 Å². The van der Waals surface area contributed by atoms with E-state index < -0.39 is 0 Å². The zero-order chi connectivity index (χ0) is 12.1. The minimum absolute atomic E-state index is 0.209. The number of fused-ring (bicyclic) bond motifs is 3. The number of rotatable bonds is 1. The average molecular weight is 241 g/mol. The van der Waals surface area contributed by atoms with E-state index in [0.717, 1.165) is 23.2 Å². The van der Waals surface area contributed by atoms with Crippen LogP contribution in [0.25, 0.3) is 11.0 Å². The summed E-state index contributed by atoms with van der Waals surface area (Å²) in [5, 5.41) is 12.9. The van der Waals surface area contributed by atoms with Crippen LogP contribution in [0.5, 0.6) is 0 Å². The summed E-state index contributed by atoms with van der Waals surface area (Å²) in [5.41, 5.74) is 3.10. The highest BCUT2D eigenvalue weighted by Gasteiger charge is 2.46. The number of nitrogens with zero attached hydrogens (tertiary/aromatic N) is 3. The van der Waals surface area contributed by atoms with Crippen LogP contribution in [0.15, 0.2) is 35.7 Å². The Hall–Kier alpha value is -1.84. The van der Waals surface area contributed by atoms with Gasteiger partial charge in [-0.05, 0) is 37.3 Å². The Balaban J connectivity index is 1.88. The average Bonchev–Trinajstić information content (AvgIpc) is 3.11. The van der Waals surface area contributed by atoms with E-state index in [9.17, 15) is 5.21 Å². The number of hydrogen-bond donors (Lipinski definition) is 1. The summed E-state index contributed by atoms with van der Waals surface area (Å²) >= 11 is 0. The molecule has 2 aromatic rings. The van der Waals surface area contributed by atoms with E-state index in [1.807, 2.05) is 24.5 Å². The number of oxime groups is 1. The molecular formula is C14H15N3O. The molecule has 1 N–H and O–H groups in total. The summed E-state index contributed by atoms with van der Waals surface area (Å²) in [6.45, 7) is 0. The summed E-state index contributed by atoms with van der Waals surface area (Å²) in [4.78, 5) is 4.44. The van der Waals surface area contributed by atoms with Gasteiger partial charge < -0.3 is 9.77 Å². The largest absolute Gasteiger partial charge is 0.411 e. The molecule has 4 rings (SSSR count). The summed E-state index contributed by atoms with van der Waals surface area (Å²) in [5.74, 6) is 1.09. The molecule has 2 saturated carbocycles. The Morgan fingerprint density at radius 1 is 1.28 bits per heavy atom. The lowest BCUT2D eigenvalue weighted by molar-refractivity contribution is 0.307. The summed E-state index contributed by atoms with van der Waals surface area (Å²) in [6.07, 6.45) is 5.46. The van der Waals surface area contributed by atoms with Gasteiger partial charge in [0, 0.05) is 5.92 Å². The maximum absolute atomic E-state index is 9.28. The van der Waals surface area contributed by atoms with Crippen LogP contribution < -0.4 is 0 Å². The van der Waals surface area contributed by atoms with Gasteiger partial charge in [-0.25, -0.2) is 4.98 Å². The van der Waals surface area contributed by atoms with Gasteiger partial charge in [0.15, 0.2) is 0 Å². The van der Waals surface area contributed by atoms with Crippen molar-refractivity contribution >= 4 is 16.7 Å². The maximum atomic E-state index is 9.28. The van der Waals surface area contributed by atoms with Crippen LogP contribution in [-0.4, -0.2) is 20.5 Å². The monoisotopic (exact) mass is 241 g/mol. The zero-order valence-corrected chi connectivity index (χ0v) is 10.0. The van der Waals surface area contributed by atoms with Gasteiger partial charge in [-0.1, -0.05) is 17.3 Å². The van der Waals surface area contributed by atoms with Gasteiger partial charge in [0.25, 0.3) is 0 Å². The van der Waals surface area contributed by atoms with Crippen LogP contribution in [0.2, 0.25) is 0 Å². The second-order valence-electron chi connectivity index (χ2n) is 5.38. The Kier molecular flexibility index (Phi) is 2.01. The highest BCUT2D eigenvalue weighted by Crippen LogP contribution is 2.49. The van der Waals surface area contributed by atoms with E-state index in [2.05, 4.69) is 20.8 Å². The molecule has 0 unspecified atom stereocenters. The van der Waals surface area contributed by atoms with E-state index in [0.29, 0.717) is 11.8 Å². The van der Waals surface area contributed by atoms with Crippen molar-refractivity contribution in [3.8, 4) is 0 Å². The standard InChI is InChI=1S/C14H15N3O/c18-16-13-9-5-6-10(7-9)14(13)17-8-15-11-3-1-2-4-12(11)17/h1-4,8-10,14,18H,5-7H2/b16-13-/t9-,10-,14+/m0/s1. The molecule has 0 radical (unpaired) electrons. The first-order chi connectivity index (χ1) is 8.88.